The van der Waals surface area contributed by atoms with Gasteiger partial charge in [0.15, 0.2) is 0 Å². The number of rotatable bonds is 14. The van der Waals surface area contributed by atoms with Crippen LogP contribution in [0.25, 0.3) is 22.3 Å². The Balaban J connectivity index is 0.000000252. The van der Waals surface area contributed by atoms with Crippen LogP contribution in [0, 0.1) is 11.6 Å². The summed E-state index contributed by atoms with van der Waals surface area (Å²) in [5.41, 5.74) is 5.56. The molecule has 11 N–H and O–H groups in total. The number of alkyl halides is 6. The van der Waals surface area contributed by atoms with E-state index >= 15 is 4.39 Å². The highest BCUT2D eigenvalue weighted by Gasteiger charge is 2.38. The number of carboxylic acid groups (broad SMARTS) is 1. The van der Waals surface area contributed by atoms with Gasteiger partial charge < -0.3 is 62.3 Å². The molecule has 4 aromatic carbocycles. The second-order valence-electron chi connectivity index (χ2n) is 23.1. The zero-order chi connectivity index (χ0) is 68.3. The van der Waals surface area contributed by atoms with E-state index in [4.69, 9.17) is 16.2 Å². The number of nitrogens with zero attached hydrogens (tertiary/aromatic N) is 4. The number of hydrogen-bond donors (Lipinski definition) is 9. The van der Waals surface area contributed by atoms with Crippen molar-refractivity contribution in [2.24, 2.45) is 11.5 Å². The van der Waals surface area contributed by atoms with E-state index in [1.165, 1.54) is 24.3 Å². The molecule has 21 nitrogen and oxygen atoms in total. The number of ether oxygens (including phenoxy) is 1. The van der Waals surface area contributed by atoms with E-state index in [9.17, 15) is 69.4 Å². The second kappa shape index (κ2) is 30.3. The van der Waals surface area contributed by atoms with E-state index in [1.54, 1.807) is 24.3 Å². The maximum atomic E-state index is 15.0. The molecule has 6 aromatic rings. The molecule has 0 bridgehead atoms. The molecule has 4 heterocycles. The molecule has 0 aliphatic carbocycles. The van der Waals surface area contributed by atoms with Crippen LogP contribution in [0.15, 0.2) is 107 Å². The average Bonchev–Trinajstić information content (AvgIpc) is 0.812. The van der Waals surface area contributed by atoms with Crippen LogP contribution in [0.1, 0.15) is 101 Å². The number of aromatic nitrogens is 2. The number of benzene rings is 4. The topological polar surface area (TPSA) is 294 Å². The van der Waals surface area contributed by atoms with E-state index in [0.717, 1.165) is 24.3 Å². The molecule has 2 aliphatic heterocycles. The molecule has 2 saturated heterocycles. The molecule has 2 aromatic heterocycles. The Hall–Kier alpha value is -9.19. The van der Waals surface area contributed by atoms with Crippen LogP contribution in [-0.2, 0) is 17.1 Å². The number of likely N-dealkylation sites (N-methyl/N-ethyl adjacent to an activating group) is 2. The fourth-order valence-corrected chi connectivity index (χ4v) is 10.1. The number of carboxylic acids is 1. The monoisotopic (exact) mass is 1290 g/mol. The van der Waals surface area contributed by atoms with Crippen molar-refractivity contribution in [3.05, 3.63) is 163 Å². The van der Waals surface area contributed by atoms with Crippen molar-refractivity contribution >= 4 is 52.5 Å². The van der Waals surface area contributed by atoms with E-state index in [2.05, 4.69) is 41.0 Å². The molecule has 8 rings (SSSR count). The van der Waals surface area contributed by atoms with Crippen LogP contribution in [-0.4, -0.2) is 151 Å². The molecule has 2 aliphatic rings. The Bertz CT molecular complexity index is 3760. The number of carbonyl (C=O) groups excluding carboxylic acids is 4. The summed E-state index contributed by atoms with van der Waals surface area (Å²) < 4.78 is 117. The van der Waals surface area contributed by atoms with Gasteiger partial charge in [0.1, 0.15) is 17.2 Å². The van der Waals surface area contributed by atoms with Gasteiger partial charge in [-0.15, -0.1) is 0 Å². The molecule has 0 saturated carbocycles. The van der Waals surface area contributed by atoms with Gasteiger partial charge in [-0.05, 0) is 134 Å². The summed E-state index contributed by atoms with van der Waals surface area (Å²) in [4.78, 5) is 96.9. The predicted octanol–water partition coefficient (Wildman–Crippen LogP) is 8.82. The highest BCUT2D eigenvalue weighted by Crippen LogP contribution is 2.39. The van der Waals surface area contributed by atoms with Gasteiger partial charge in [-0.3, -0.25) is 33.8 Å². The molecular formula is C63H74F8N12O9. The standard InChI is InChI=1S/C29H32F4N6O3.C27H26F4N4O4.C7H16N2O2/c1-16-14-39(15-17(2)38(16)3)25-7-5-18(20-10-19(4-6-23(20)30)27(41)35-9-8-34)11-24(25)37-28(42)21-13-36-26(40)12-22(21)29(31,32)33;1-14-12-35(13-15(2)34(14)3)23-7-5-16(18-8-17(26(38)39)4-6-21(18)28)9-22(23)33-25(37)19-11-32-24(36)10-20(19)27(29,30)31;1-7(2,3)11-6(10)9-5-4-8/h4-7,10-13,16-17H,8-9,14-15,34H2,1-3H3,(H,35,41)(H,36,40)(H,37,42);4-11,14-15H,12-13H2,1-3H3,(H,32,36)(H,33,37)(H,38,39);4-5,8H2,1-3H3,(H,9,10)/t16-,17+;14-,15+;. The first-order valence-corrected chi connectivity index (χ1v) is 28.9. The SMILES string of the molecule is CC(C)(C)OC(=O)NCCN.C[C@@H]1CN(c2ccc(-c3cc(C(=O)NCCN)ccc3F)cc2NC(=O)c2c[nH]c(=O)cc2C(F)(F)F)C[C@H](C)N1C.C[C@@H]1CN(c2ccc(-c3cc(C(=O)O)ccc3F)cc2NC(=O)c2c[nH]c(=O)cc2C(F)(F)F)C[C@H](C)N1C. The minimum Gasteiger partial charge on any atom is -0.478 e. The quantitative estimate of drug-likeness (QED) is 0.0460. The smallest absolute Gasteiger partial charge is 0.417 e. The molecule has 0 unspecified atom stereocenters. The largest absolute Gasteiger partial charge is 0.478 e. The van der Waals surface area contributed by atoms with Gasteiger partial charge in [-0.25, -0.2) is 18.4 Å². The number of nitrogens with one attached hydrogen (secondary N) is 6. The lowest BCUT2D eigenvalue weighted by Gasteiger charge is -2.44. The van der Waals surface area contributed by atoms with Gasteiger partial charge >= 0.3 is 24.4 Å². The van der Waals surface area contributed by atoms with Crippen LogP contribution >= 0.6 is 0 Å². The minimum absolute atomic E-state index is 0.0533. The van der Waals surface area contributed by atoms with E-state index in [0.29, 0.717) is 75.2 Å². The highest BCUT2D eigenvalue weighted by molar-refractivity contribution is 6.08. The fraction of sp³-hybridized carbons (Fsp3) is 0.381. The molecular weight excluding hydrogens is 1220 g/mol. The van der Waals surface area contributed by atoms with Crippen LogP contribution in [0.4, 0.5) is 62.7 Å². The summed E-state index contributed by atoms with van der Waals surface area (Å²) in [5, 5.41) is 19.5. The van der Waals surface area contributed by atoms with Crippen molar-refractivity contribution < 1.29 is 68.9 Å². The summed E-state index contributed by atoms with van der Waals surface area (Å²) in [7, 11) is 3.97. The molecule has 0 spiro atoms. The van der Waals surface area contributed by atoms with Gasteiger partial charge in [0.25, 0.3) is 17.7 Å². The number of carbonyl (C=O) groups is 5. The van der Waals surface area contributed by atoms with E-state index in [-0.39, 0.29) is 82.0 Å². The third-order valence-corrected chi connectivity index (χ3v) is 15.1. The maximum absolute atomic E-state index is 15.0. The summed E-state index contributed by atoms with van der Waals surface area (Å²) in [6.45, 7) is 17.0. The highest BCUT2D eigenvalue weighted by atomic mass is 19.4. The number of H-pyrrole nitrogens is 2. The number of amides is 4. The Morgan fingerprint density at radius 3 is 1.32 bits per heavy atom. The Morgan fingerprint density at radius 1 is 0.565 bits per heavy atom. The first kappa shape index (κ1) is 71.9. The number of piperazine rings is 2. The van der Waals surface area contributed by atoms with Crippen LogP contribution in [0.2, 0.25) is 0 Å². The summed E-state index contributed by atoms with van der Waals surface area (Å²) >= 11 is 0. The van der Waals surface area contributed by atoms with Crippen molar-refractivity contribution in [2.75, 3.05) is 86.9 Å². The molecule has 29 heteroatoms. The lowest BCUT2D eigenvalue weighted by Crippen LogP contribution is -2.55. The Labute approximate surface area is 524 Å². The van der Waals surface area contributed by atoms with Crippen molar-refractivity contribution in [3.8, 4) is 22.3 Å². The zero-order valence-corrected chi connectivity index (χ0v) is 51.9. The van der Waals surface area contributed by atoms with E-state index in [1.807, 2.05) is 72.4 Å². The van der Waals surface area contributed by atoms with Gasteiger partial charge in [0.05, 0.1) is 50.6 Å². The fourth-order valence-electron chi connectivity index (χ4n) is 10.1. The summed E-state index contributed by atoms with van der Waals surface area (Å²) in [6, 6.07) is 17.5. The van der Waals surface area contributed by atoms with Crippen molar-refractivity contribution in [2.45, 2.75) is 90.6 Å². The zero-order valence-electron chi connectivity index (χ0n) is 51.9. The maximum Gasteiger partial charge on any atom is 0.417 e. The number of alkyl carbamates (subject to hydrolysis) is 1. The first-order valence-electron chi connectivity index (χ1n) is 28.9. The molecule has 496 valence electrons. The lowest BCUT2D eigenvalue weighted by molar-refractivity contribution is -0.138. The summed E-state index contributed by atoms with van der Waals surface area (Å²) in [5.74, 6) is -5.32. The normalized spacial score (nSPS) is 17.1. The number of anilines is 4. The lowest BCUT2D eigenvalue weighted by atomic mass is 9.99. The Morgan fingerprint density at radius 2 is 0.946 bits per heavy atom. The number of aromatic carboxylic acids is 1. The number of halogens is 8. The number of hydrogen-bond acceptors (Lipinski definition) is 14. The van der Waals surface area contributed by atoms with E-state index < -0.39 is 92.7 Å². The minimum atomic E-state index is -4.96. The number of aromatic amines is 2. The van der Waals surface area contributed by atoms with Crippen molar-refractivity contribution in [1.82, 2.24) is 30.4 Å². The van der Waals surface area contributed by atoms with Gasteiger partial charge in [0, 0.05) is 118 Å². The molecule has 92 heavy (non-hydrogen) atoms. The van der Waals surface area contributed by atoms with Gasteiger partial charge in [0.2, 0.25) is 11.1 Å². The predicted molar refractivity (Wildman–Crippen MR) is 333 cm³/mol. The molecule has 2 fully saturated rings. The third kappa shape index (κ3) is 18.7. The average molecular weight is 1300 g/mol. The van der Waals surface area contributed by atoms with Crippen LogP contribution in [0.5, 0.6) is 0 Å². The first-order chi connectivity index (χ1) is 43.0. The van der Waals surface area contributed by atoms with Crippen LogP contribution < -0.4 is 53.7 Å². The number of pyridine rings is 2. The Kier molecular flexibility index (Phi) is 23.7. The molecule has 4 amide bonds. The van der Waals surface area contributed by atoms with Gasteiger partial charge in [-0.2, -0.15) is 26.3 Å². The second-order valence-corrected chi connectivity index (χ2v) is 23.1. The van der Waals surface area contributed by atoms with Gasteiger partial charge in [-0.1, -0.05) is 12.1 Å². The van der Waals surface area contributed by atoms with Crippen LogP contribution in [0.3, 0.4) is 0 Å². The number of nitrogens with two attached hydrogens (primary N) is 2. The van der Waals surface area contributed by atoms with Crippen molar-refractivity contribution in [1.29, 1.82) is 0 Å². The molecule has 0 radical (unpaired) electrons. The van der Waals surface area contributed by atoms with Crippen molar-refractivity contribution in [3.63, 3.8) is 0 Å². The molecule has 4 atom stereocenters. The third-order valence-electron chi connectivity index (χ3n) is 15.1. The summed E-state index contributed by atoms with van der Waals surface area (Å²) in [6.07, 6.45) is -8.92.